The van der Waals surface area contributed by atoms with Crippen LogP contribution in [0.3, 0.4) is 0 Å². The predicted octanol–water partition coefficient (Wildman–Crippen LogP) is 1.49. The van der Waals surface area contributed by atoms with Gasteiger partial charge < -0.3 is 10.2 Å². The number of carboxylic acid groups (broad SMARTS) is 2. The molecule has 2 N–H and O–H groups in total. The van der Waals surface area contributed by atoms with Crippen LogP contribution in [-0.2, 0) is 0 Å². The summed E-state index contributed by atoms with van der Waals surface area (Å²) in [5.74, 6) is -2.46. The third kappa shape index (κ3) is 5.65. The molecule has 4 nitrogen and oxygen atoms in total. The van der Waals surface area contributed by atoms with Crippen molar-refractivity contribution in [1.82, 2.24) is 0 Å². The number of rotatable bonds is 2. The maximum absolute atomic E-state index is 10.5. The standard InChI is InChI=1S/C8H6O4.CH4.ClH.K.H/c9-7(10)5-3-1-2-4-6(5)8(11)12;;;;/h1-4H,(H,9,10)(H,11,12);1H4;1H;;. The molecule has 0 atom stereocenters. The second-order valence-electron chi connectivity index (χ2n) is 2.16. The van der Waals surface area contributed by atoms with Crippen molar-refractivity contribution in [3.05, 3.63) is 35.4 Å². The maximum atomic E-state index is 10.5. The molecule has 0 amide bonds. The predicted molar refractivity (Wildman–Crippen MR) is 61.5 cm³/mol. The molecular formula is C9H12ClKO4. The van der Waals surface area contributed by atoms with E-state index < -0.39 is 11.9 Å². The van der Waals surface area contributed by atoms with Gasteiger partial charge in [0.2, 0.25) is 0 Å². The molecule has 0 saturated heterocycles. The summed E-state index contributed by atoms with van der Waals surface area (Å²) in [6.45, 7) is 0. The van der Waals surface area contributed by atoms with Gasteiger partial charge in [-0.1, -0.05) is 19.6 Å². The van der Waals surface area contributed by atoms with Crippen molar-refractivity contribution in [2.75, 3.05) is 0 Å². The van der Waals surface area contributed by atoms with Crippen LogP contribution in [-0.4, -0.2) is 73.5 Å². The van der Waals surface area contributed by atoms with E-state index in [0.717, 1.165) is 0 Å². The van der Waals surface area contributed by atoms with Crippen molar-refractivity contribution in [1.29, 1.82) is 0 Å². The van der Waals surface area contributed by atoms with E-state index in [0.29, 0.717) is 0 Å². The summed E-state index contributed by atoms with van der Waals surface area (Å²) in [7, 11) is 0. The van der Waals surface area contributed by atoms with E-state index in [-0.39, 0.29) is 82.3 Å². The molecule has 0 radical (unpaired) electrons. The molecule has 0 spiro atoms. The van der Waals surface area contributed by atoms with Crippen LogP contribution in [0.1, 0.15) is 28.1 Å². The monoisotopic (exact) mass is 258 g/mol. The van der Waals surface area contributed by atoms with E-state index in [1.54, 1.807) is 0 Å². The number of halogens is 1. The zero-order chi connectivity index (χ0) is 9.14. The average Bonchev–Trinajstić information content (AvgIpc) is 2.04. The molecule has 1 aromatic carbocycles. The minimum atomic E-state index is -1.23. The van der Waals surface area contributed by atoms with Crippen LogP contribution < -0.4 is 0 Å². The zero-order valence-electron chi connectivity index (χ0n) is 6.43. The fourth-order valence-corrected chi connectivity index (χ4v) is 0.856. The van der Waals surface area contributed by atoms with Crippen molar-refractivity contribution in [2.24, 2.45) is 0 Å². The third-order valence-electron chi connectivity index (χ3n) is 1.39. The van der Waals surface area contributed by atoms with Gasteiger partial charge in [-0.3, -0.25) is 0 Å². The SMILES string of the molecule is C.Cl.O=C(O)c1ccccc1C(=O)O.[KH]. The molecule has 1 rings (SSSR count). The van der Waals surface area contributed by atoms with Crippen LogP contribution in [0.4, 0.5) is 0 Å². The summed E-state index contributed by atoms with van der Waals surface area (Å²) in [6, 6.07) is 5.48. The number of hydrogen-bond donors (Lipinski definition) is 2. The summed E-state index contributed by atoms with van der Waals surface area (Å²) < 4.78 is 0. The molecule has 0 aliphatic rings. The van der Waals surface area contributed by atoms with Crippen molar-refractivity contribution in [3.8, 4) is 0 Å². The Morgan fingerprint density at radius 2 is 1.20 bits per heavy atom. The number of carboxylic acids is 2. The van der Waals surface area contributed by atoms with Crippen LogP contribution in [0.25, 0.3) is 0 Å². The molecule has 0 bridgehead atoms. The Labute approximate surface area is 137 Å². The van der Waals surface area contributed by atoms with E-state index in [1.807, 2.05) is 0 Å². The first-order chi connectivity index (χ1) is 5.63. The van der Waals surface area contributed by atoms with Crippen molar-refractivity contribution in [3.63, 3.8) is 0 Å². The molecule has 0 heterocycles. The molecule has 0 unspecified atom stereocenters. The fourth-order valence-electron chi connectivity index (χ4n) is 0.856. The van der Waals surface area contributed by atoms with Crippen molar-refractivity contribution < 1.29 is 19.8 Å². The van der Waals surface area contributed by atoms with E-state index in [9.17, 15) is 9.59 Å². The molecule has 80 valence electrons. The molecule has 0 aliphatic heterocycles. The Morgan fingerprint density at radius 3 is 1.40 bits per heavy atom. The van der Waals surface area contributed by atoms with Gasteiger partial charge in [0, 0.05) is 0 Å². The Hall–Kier alpha value is 0.0864. The number of aromatic carboxylic acids is 2. The van der Waals surface area contributed by atoms with Gasteiger partial charge in [0.15, 0.2) is 0 Å². The molecule has 15 heavy (non-hydrogen) atoms. The first-order valence-electron chi connectivity index (χ1n) is 3.18. The van der Waals surface area contributed by atoms with Gasteiger partial charge in [-0.2, -0.15) is 0 Å². The van der Waals surface area contributed by atoms with E-state index in [4.69, 9.17) is 10.2 Å². The number of carbonyl (C=O) groups is 2. The first-order valence-corrected chi connectivity index (χ1v) is 3.18. The quantitative estimate of drug-likeness (QED) is 0.789. The molecule has 0 aliphatic carbocycles. The summed E-state index contributed by atoms with van der Waals surface area (Å²) in [5.41, 5.74) is -0.380. The van der Waals surface area contributed by atoms with E-state index in [2.05, 4.69) is 0 Å². The van der Waals surface area contributed by atoms with Crippen molar-refractivity contribution in [2.45, 2.75) is 7.43 Å². The second kappa shape index (κ2) is 9.32. The van der Waals surface area contributed by atoms with E-state index >= 15 is 0 Å². The van der Waals surface area contributed by atoms with Gasteiger partial charge in [-0.05, 0) is 12.1 Å². The normalized spacial score (nSPS) is 7.47. The van der Waals surface area contributed by atoms with Gasteiger partial charge in [-0.15, -0.1) is 12.4 Å². The van der Waals surface area contributed by atoms with E-state index in [1.165, 1.54) is 24.3 Å². The van der Waals surface area contributed by atoms with Crippen LogP contribution in [0.15, 0.2) is 24.3 Å². The third-order valence-corrected chi connectivity index (χ3v) is 1.39. The van der Waals surface area contributed by atoms with Crippen LogP contribution in [0.2, 0.25) is 0 Å². The Bertz CT molecular complexity index is 308. The minimum absolute atomic E-state index is 0. The van der Waals surface area contributed by atoms with Gasteiger partial charge in [0.05, 0.1) is 11.1 Å². The zero-order valence-corrected chi connectivity index (χ0v) is 7.25. The summed E-state index contributed by atoms with van der Waals surface area (Å²) in [5, 5.41) is 17.1. The summed E-state index contributed by atoms with van der Waals surface area (Å²) in [6.07, 6.45) is 0. The molecule has 0 fully saturated rings. The van der Waals surface area contributed by atoms with Gasteiger partial charge in [0.25, 0.3) is 0 Å². The van der Waals surface area contributed by atoms with Crippen LogP contribution >= 0.6 is 12.4 Å². The Morgan fingerprint density at radius 1 is 0.933 bits per heavy atom. The molecule has 0 saturated carbocycles. The van der Waals surface area contributed by atoms with Crippen LogP contribution in [0, 0.1) is 0 Å². The molecule has 1 aromatic rings. The van der Waals surface area contributed by atoms with Crippen molar-refractivity contribution >= 4 is 75.7 Å². The first kappa shape index (κ1) is 20.5. The van der Waals surface area contributed by atoms with Gasteiger partial charge in [-0.25, -0.2) is 9.59 Å². The van der Waals surface area contributed by atoms with Crippen LogP contribution in [0.5, 0.6) is 0 Å². The summed E-state index contributed by atoms with van der Waals surface area (Å²) in [4.78, 5) is 20.9. The summed E-state index contributed by atoms with van der Waals surface area (Å²) >= 11 is 0. The van der Waals surface area contributed by atoms with Gasteiger partial charge >= 0.3 is 63.3 Å². The molecule has 0 aromatic heterocycles. The fraction of sp³-hybridized carbons (Fsp3) is 0.111. The average molecular weight is 259 g/mol. The topological polar surface area (TPSA) is 74.6 Å². The van der Waals surface area contributed by atoms with Gasteiger partial charge in [0.1, 0.15) is 0 Å². The number of benzene rings is 1. The number of hydrogen-bond acceptors (Lipinski definition) is 2. The Balaban J connectivity index is -0.000000480. The molecule has 6 heteroatoms. The molecular weight excluding hydrogens is 247 g/mol. The second-order valence-corrected chi connectivity index (χ2v) is 2.16. The Kier molecular flexibility index (Phi) is 12.7.